The van der Waals surface area contributed by atoms with Crippen LogP contribution in [0.1, 0.15) is 24.6 Å². The van der Waals surface area contributed by atoms with Crippen molar-refractivity contribution in [3.8, 4) is 0 Å². The molecule has 3 nitrogen and oxygen atoms in total. The van der Waals surface area contributed by atoms with Gasteiger partial charge in [0, 0.05) is 10.3 Å². The Bertz CT molecular complexity index is 436. The van der Waals surface area contributed by atoms with Crippen molar-refractivity contribution < 1.29 is 0 Å². The lowest BCUT2D eigenvalue weighted by atomic mass is 10.2. The van der Waals surface area contributed by atoms with Crippen molar-refractivity contribution in [2.75, 3.05) is 5.73 Å². The highest BCUT2D eigenvalue weighted by molar-refractivity contribution is 7.11. The predicted molar refractivity (Wildman–Crippen MR) is 60.4 cm³/mol. The van der Waals surface area contributed by atoms with Gasteiger partial charge in [-0.1, -0.05) is 13.3 Å². The van der Waals surface area contributed by atoms with Crippen molar-refractivity contribution in [1.29, 1.82) is 0 Å². The Hall–Kier alpha value is -1.16. The van der Waals surface area contributed by atoms with Crippen LogP contribution in [0, 0.1) is 0 Å². The summed E-state index contributed by atoms with van der Waals surface area (Å²) >= 11 is 1.73. The first-order valence-electron chi connectivity index (χ1n) is 4.79. The third-order valence-electron chi connectivity index (χ3n) is 2.26. The van der Waals surface area contributed by atoms with E-state index in [1.807, 2.05) is 0 Å². The van der Waals surface area contributed by atoms with Crippen LogP contribution < -0.4 is 5.73 Å². The van der Waals surface area contributed by atoms with Crippen molar-refractivity contribution >= 4 is 28.1 Å². The molecule has 0 atom stereocenters. The van der Waals surface area contributed by atoms with Crippen molar-refractivity contribution in [2.24, 2.45) is 0 Å². The van der Waals surface area contributed by atoms with E-state index >= 15 is 0 Å². The topological polar surface area (TPSA) is 51.8 Å². The fourth-order valence-electron chi connectivity index (χ4n) is 1.45. The standard InChI is InChI=1S/C10H13N3S/c1-2-3-4-8-9-7(5-14-8)10(11)13-6-12-9/h5-6H,2-4H2,1H3,(H2,11,12,13). The van der Waals surface area contributed by atoms with Crippen LogP contribution >= 0.6 is 11.3 Å². The summed E-state index contributed by atoms with van der Waals surface area (Å²) in [5.41, 5.74) is 6.79. The van der Waals surface area contributed by atoms with Crippen molar-refractivity contribution in [2.45, 2.75) is 26.2 Å². The minimum absolute atomic E-state index is 0.592. The molecule has 14 heavy (non-hydrogen) atoms. The van der Waals surface area contributed by atoms with E-state index in [1.165, 1.54) is 17.7 Å². The monoisotopic (exact) mass is 207 g/mol. The minimum Gasteiger partial charge on any atom is -0.383 e. The van der Waals surface area contributed by atoms with Crippen LogP contribution in [0.4, 0.5) is 5.82 Å². The Morgan fingerprint density at radius 3 is 3.07 bits per heavy atom. The fraction of sp³-hybridized carbons (Fsp3) is 0.400. The average Bonchev–Trinajstić information content (AvgIpc) is 2.60. The summed E-state index contributed by atoms with van der Waals surface area (Å²) in [5.74, 6) is 0.592. The number of hydrogen-bond donors (Lipinski definition) is 1. The maximum Gasteiger partial charge on any atom is 0.135 e. The second kappa shape index (κ2) is 3.92. The van der Waals surface area contributed by atoms with Gasteiger partial charge in [0.25, 0.3) is 0 Å². The molecule has 0 aromatic carbocycles. The highest BCUT2D eigenvalue weighted by Crippen LogP contribution is 2.27. The van der Waals surface area contributed by atoms with Gasteiger partial charge in [0.2, 0.25) is 0 Å². The number of anilines is 1. The third-order valence-corrected chi connectivity index (χ3v) is 3.29. The number of nitrogens with zero attached hydrogens (tertiary/aromatic N) is 2. The van der Waals surface area contributed by atoms with Gasteiger partial charge in [0.15, 0.2) is 0 Å². The Balaban J connectivity index is 2.42. The molecule has 0 saturated heterocycles. The maximum absolute atomic E-state index is 5.75. The predicted octanol–water partition coefficient (Wildman–Crippen LogP) is 2.62. The minimum atomic E-state index is 0.592. The molecule has 0 amide bonds. The molecule has 0 saturated carbocycles. The van der Waals surface area contributed by atoms with Crippen molar-refractivity contribution in [1.82, 2.24) is 9.97 Å². The van der Waals surface area contributed by atoms with Gasteiger partial charge < -0.3 is 5.73 Å². The van der Waals surface area contributed by atoms with Crippen LogP contribution in [0.15, 0.2) is 11.7 Å². The molecule has 0 unspecified atom stereocenters. The summed E-state index contributed by atoms with van der Waals surface area (Å²) in [6.45, 7) is 2.19. The lowest BCUT2D eigenvalue weighted by Crippen LogP contribution is -1.92. The van der Waals surface area contributed by atoms with Gasteiger partial charge in [0.1, 0.15) is 12.1 Å². The molecule has 2 N–H and O–H groups in total. The number of thiophene rings is 1. The van der Waals surface area contributed by atoms with E-state index in [4.69, 9.17) is 5.73 Å². The summed E-state index contributed by atoms with van der Waals surface area (Å²) in [6.07, 6.45) is 5.06. The number of unbranched alkanes of at least 4 members (excludes halogenated alkanes) is 1. The SMILES string of the molecule is CCCCc1scc2c(N)ncnc12. The van der Waals surface area contributed by atoms with E-state index in [0.717, 1.165) is 17.3 Å². The smallest absolute Gasteiger partial charge is 0.135 e. The number of nitrogens with two attached hydrogens (primary N) is 1. The Kier molecular flexibility index (Phi) is 2.63. The number of nitrogen functional groups attached to an aromatic ring is 1. The fourth-order valence-corrected chi connectivity index (χ4v) is 2.48. The largest absolute Gasteiger partial charge is 0.383 e. The van der Waals surface area contributed by atoms with Crippen LogP contribution in [-0.2, 0) is 6.42 Å². The third kappa shape index (κ3) is 1.57. The summed E-state index contributed by atoms with van der Waals surface area (Å²) < 4.78 is 0. The molecule has 0 radical (unpaired) electrons. The van der Waals surface area contributed by atoms with Crippen LogP contribution in [0.2, 0.25) is 0 Å². The Morgan fingerprint density at radius 1 is 1.43 bits per heavy atom. The van der Waals surface area contributed by atoms with Gasteiger partial charge in [-0.3, -0.25) is 0 Å². The molecule has 74 valence electrons. The second-order valence-electron chi connectivity index (χ2n) is 3.28. The first-order valence-corrected chi connectivity index (χ1v) is 5.67. The molecule has 2 heterocycles. The van der Waals surface area contributed by atoms with E-state index < -0.39 is 0 Å². The molecule has 0 bridgehead atoms. The van der Waals surface area contributed by atoms with Gasteiger partial charge in [-0.05, 0) is 12.8 Å². The van der Waals surface area contributed by atoms with Gasteiger partial charge in [-0.2, -0.15) is 0 Å². The number of hydrogen-bond acceptors (Lipinski definition) is 4. The zero-order chi connectivity index (χ0) is 9.97. The van der Waals surface area contributed by atoms with E-state index in [0.29, 0.717) is 5.82 Å². The first-order chi connectivity index (χ1) is 6.83. The summed E-state index contributed by atoms with van der Waals surface area (Å²) in [7, 11) is 0. The molecule has 0 spiro atoms. The van der Waals surface area contributed by atoms with Crippen LogP contribution in [0.3, 0.4) is 0 Å². The molecule has 2 aromatic rings. The summed E-state index contributed by atoms with van der Waals surface area (Å²) in [6, 6.07) is 0. The Labute approximate surface area is 87.0 Å². The number of fused-ring (bicyclic) bond motifs is 1. The molecule has 2 rings (SSSR count). The van der Waals surface area contributed by atoms with E-state index in [9.17, 15) is 0 Å². The van der Waals surface area contributed by atoms with Crippen molar-refractivity contribution in [3.63, 3.8) is 0 Å². The Morgan fingerprint density at radius 2 is 2.29 bits per heavy atom. The zero-order valence-corrected chi connectivity index (χ0v) is 8.97. The molecule has 2 aromatic heterocycles. The van der Waals surface area contributed by atoms with E-state index in [1.54, 1.807) is 17.7 Å². The highest BCUT2D eigenvalue weighted by atomic mass is 32.1. The molecular formula is C10H13N3S. The van der Waals surface area contributed by atoms with Crippen LogP contribution in [0.25, 0.3) is 10.9 Å². The maximum atomic E-state index is 5.75. The number of aryl methyl sites for hydroxylation is 1. The average molecular weight is 207 g/mol. The highest BCUT2D eigenvalue weighted by Gasteiger charge is 2.07. The van der Waals surface area contributed by atoms with E-state index in [-0.39, 0.29) is 0 Å². The number of aromatic nitrogens is 2. The molecule has 4 heteroatoms. The molecule has 0 aliphatic heterocycles. The quantitative estimate of drug-likeness (QED) is 0.841. The van der Waals surface area contributed by atoms with Gasteiger partial charge in [-0.15, -0.1) is 11.3 Å². The lowest BCUT2D eigenvalue weighted by Gasteiger charge is -1.97. The normalized spacial score (nSPS) is 10.9. The summed E-state index contributed by atoms with van der Waals surface area (Å²) in [5, 5.41) is 3.05. The first kappa shape index (κ1) is 9.40. The second-order valence-corrected chi connectivity index (χ2v) is 4.25. The molecule has 0 aliphatic carbocycles. The zero-order valence-electron chi connectivity index (χ0n) is 8.16. The molecule has 0 aliphatic rings. The lowest BCUT2D eigenvalue weighted by molar-refractivity contribution is 0.806. The molecule has 0 fully saturated rings. The number of rotatable bonds is 3. The van der Waals surface area contributed by atoms with Crippen LogP contribution in [0.5, 0.6) is 0 Å². The van der Waals surface area contributed by atoms with Crippen LogP contribution in [-0.4, -0.2) is 9.97 Å². The van der Waals surface area contributed by atoms with Crippen molar-refractivity contribution in [3.05, 3.63) is 16.6 Å². The van der Waals surface area contributed by atoms with E-state index in [2.05, 4.69) is 22.3 Å². The summed E-state index contributed by atoms with van der Waals surface area (Å²) in [4.78, 5) is 9.58. The van der Waals surface area contributed by atoms with Gasteiger partial charge in [0.05, 0.1) is 10.9 Å². The van der Waals surface area contributed by atoms with Gasteiger partial charge >= 0.3 is 0 Å². The molecular weight excluding hydrogens is 194 g/mol. The van der Waals surface area contributed by atoms with Gasteiger partial charge in [-0.25, -0.2) is 9.97 Å².